The van der Waals surface area contributed by atoms with Crippen LogP contribution in [0.4, 0.5) is 0 Å². The molecule has 3 aliphatic rings. The van der Waals surface area contributed by atoms with Gasteiger partial charge in [-0.15, -0.1) is 23.1 Å². The van der Waals surface area contributed by atoms with Gasteiger partial charge in [-0.2, -0.15) is 0 Å². The molecular formula is C22H29N3O2S2. The molecule has 2 aromatic rings. The van der Waals surface area contributed by atoms with E-state index in [9.17, 15) is 9.59 Å². The second kappa shape index (κ2) is 8.06. The van der Waals surface area contributed by atoms with Crippen molar-refractivity contribution >= 4 is 39.2 Å². The molecule has 2 fully saturated rings. The normalized spacial score (nSPS) is 26.5. The van der Waals surface area contributed by atoms with Crippen molar-refractivity contribution in [3.8, 4) is 0 Å². The molecule has 29 heavy (non-hydrogen) atoms. The molecule has 3 atom stereocenters. The van der Waals surface area contributed by atoms with E-state index in [-0.39, 0.29) is 11.5 Å². The summed E-state index contributed by atoms with van der Waals surface area (Å²) in [4.78, 5) is 37.6. The summed E-state index contributed by atoms with van der Waals surface area (Å²) in [5, 5.41) is 0.804. The van der Waals surface area contributed by atoms with Gasteiger partial charge in [0.05, 0.1) is 16.9 Å². The molecule has 0 bridgehead atoms. The third kappa shape index (κ3) is 3.65. The van der Waals surface area contributed by atoms with E-state index in [0.717, 1.165) is 48.4 Å². The van der Waals surface area contributed by atoms with Crippen LogP contribution < -0.4 is 5.56 Å². The molecule has 1 amide bonds. The minimum absolute atomic E-state index is 0.00797. The lowest BCUT2D eigenvalue weighted by molar-refractivity contribution is -0.136. The number of likely N-dealkylation sites (tertiary alicyclic amines) is 1. The van der Waals surface area contributed by atoms with E-state index in [2.05, 4.69) is 16.8 Å². The highest BCUT2D eigenvalue weighted by Crippen LogP contribution is 2.39. The number of rotatable bonds is 4. The van der Waals surface area contributed by atoms with Crippen LogP contribution in [0.3, 0.4) is 0 Å². The number of nitrogens with zero attached hydrogens (tertiary/aromatic N) is 2. The number of hydrogen-bond acceptors (Lipinski definition) is 5. The van der Waals surface area contributed by atoms with Crippen LogP contribution >= 0.6 is 23.1 Å². The third-order valence-corrected chi connectivity index (χ3v) is 9.26. The molecule has 3 heterocycles. The zero-order chi connectivity index (χ0) is 20.0. The summed E-state index contributed by atoms with van der Waals surface area (Å²) in [5.41, 5.74) is 1.21. The molecule has 156 valence electrons. The maximum Gasteiger partial charge on any atom is 0.259 e. The first-order valence-electron chi connectivity index (χ1n) is 11.0. The van der Waals surface area contributed by atoms with Gasteiger partial charge in [0, 0.05) is 17.5 Å². The first-order valence-corrected chi connectivity index (χ1v) is 13.0. The van der Waals surface area contributed by atoms with E-state index in [0.29, 0.717) is 29.3 Å². The number of aromatic nitrogens is 2. The Bertz CT molecular complexity index is 982. The number of aryl methyl sites for hydroxylation is 2. The lowest BCUT2D eigenvalue weighted by Crippen LogP contribution is -2.52. The summed E-state index contributed by atoms with van der Waals surface area (Å²) in [5.74, 6) is 3.44. The predicted molar refractivity (Wildman–Crippen MR) is 120 cm³/mol. The Morgan fingerprint density at radius 3 is 3.00 bits per heavy atom. The Labute approximate surface area is 179 Å². The second-order valence-electron chi connectivity index (χ2n) is 8.91. The Hall–Kier alpha value is -1.34. The number of carbonyl (C=O) groups excluding carboxylic acids is 1. The van der Waals surface area contributed by atoms with Crippen LogP contribution in [0, 0.1) is 11.8 Å². The van der Waals surface area contributed by atoms with E-state index in [1.165, 1.54) is 36.1 Å². The van der Waals surface area contributed by atoms with Gasteiger partial charge in [-0.05, 0) is 55.9 Å². The van der Waals surface area contributed by atoms with Crippen LogP contribution in [0.15, 0.2) is 4.79 Å². The molecular weight excluding hydrogens is 402 g/mol. The van der Waals surface area contributed by atoms with Gasteiger partial charge in [0.1, 0.15) is 10.7 Å². The number of H-pyrrole nitrogens is 1. The number of hydrogen-bond donors (Lipinski definition) is 1. The van der Waals surface area contributed by atoms with Crippen molar-refractivity contribution in [2.45, 2.75) is 70.1 Å². The topological polar surface area (TPSA) is 66.1 Å². The zero-order valence-corrected chi connectivity index (χ0v) is 18.7. The molecule has 0 radical (unpaired) electrons. The van der Waals surface area contributed by atoms with Crippen molar-refractivity contribution in [2.24, 2.45) is 11.8 Å². The smallest absolute Gasteiger partial charge is 0.259 e. The van der Waals surface area contributed by atoms with Crippen molar-refractivity contribution in [2.75, 3.05) is 12.3 Å². The van der Waals surface area contributed by atoms with Crippen LogP contribution in [-0.2, 0) is 23.4 Å². The molecule has 2 aliphatic carbocycles. The fraction of sp³-hybridized carbons (Fsp3) is 0.682. The Morgan fingerprint density at radius 2 is 2.10 bits per heavy atom. The van der Waals surface area contributed by atoms with E-state index in [1.807, 2.05) is 0 Å². The van der Waals surface area contributed by atoms with E-state index >= 15 is 0 Å². The van der Waals surface area contributed by atoms with Gasteiger partial charge in [-0.3, -0.25) is 9.59 Å². The average molecular weight is 432 g/mol. The summed E-state index contributed by atoms with van der Waals surface area (Å²) in [6.45, 7) is 3.27. The highest BCUT2D eigenvalue weighted by atomic mass is 32.2. The number of fused-ring (bicyclic) bond motifs is 4. The van der Waals surface area contributed by atoms with Gasteiger partial charge < -0.3 is 9.88 Å². The summed E-state index contributed by atoms with van der Waals surface area (Å²) in [6, 6.07) is 0.448. The lowest BCUT2D eigenvalue weighted by atomic mass is 9.72. The quantitative estimate of drug-likeness (QED) is 0.790. The second-order valence-corrected chi connectivity index (χ2v) is 11.0. The zero-order valence-electron chi connectivity index (χ0n) is 17.0. The van der Waals surface area contributed by atoms with Crippen molar-refractivity contribution < 1.29 is 4.79 Å². The summed E-state index contributed by atoms with van der Waals surface area (Å²) in [7, 11) is 0. The molecule has 2 aromatic heterocycles. The van der Waals surface area contributed by atoms with Gasteiger partial charge in [0.25, 0.3) is 5.56 Å². The first-order chi connectivity index (χ1) is 14.1. The molecule has 1 aliphatic heterocycles. The van der Waals surface area contributed by atoms with Gasteiger partial charge in [-0.1, -0.05) is 19.8 Å². The molecule has 1 saturated carbocycles. The molecule has 5 rings (SSSR count). The summed E-state index contributed by atoms with van der Waals surface area (Å²) >= 11 is 3.25. The number of thioether (sulfide) groups is 1. The molecule has 3 unspecified atom stereocenters. The lowest BCUT2D eigenvalue weighted by Gasteiger charge is -2.47. The molecule has 7 heteroatoms. The number of piperidine rings is 1. The van der Waals surface area contributed by atoms with Gasteiger partial charge in [0.2, 0.25) is 5.91 Å². The standard InChI is InChI=1S/C22H29N3O2S2/c1-13-9-10-25(16-7-3-2-5-14(13)16)19(26)12-28-11-18-23-21(27)20-15-6-4-8-17(15)29-22(20)24-18/h13-14,16H,2-12H2,1H3,(H,23,24,27). The Kier molecular flexibility index (Phi) is 5.45. The van der Waals surface area contributed by atoms with Gasteiger partial charge >= 0.3 is 0 Å². The Balaban J connectivity index is 1.23. The van der Waals surface area contributed by atoms with Crippen molar-refractivity contribution in [3.05, 3.63) is 26.6 Å². The van der Waals surface area contributed by atoms with Crippen LogP contribution in [0.2, 0.25) is 0 Å². The van der Waals surface area contributed by atoms with Gasteiger partial charge in [0.15, 0.2) is 0 Å². The fourth-order valence-corrected chi connectivity index (χ4v) is 7.71. The third-order valence-electron chi connectivity index (χ3n) is 7.15. The maximum absolute atomic E-state index is 12.9. The van der Waals surface area contributed by atoms with Crippen LogP contribution in [-0.4, -0.2) is 39.1 Å². The SMILES string of the molecule is CC1CCN(C(=O)CSCc2nc3sc4c(c3c(=O)[nH]2)CCC4)C2CCCCC12. The summed E-state index contributed by atoms with van der Waals surface area (Å²) in [6.07, 6.45) is 9.36. The van der Waals surface area contributed by atoms with Crippen molar-refractivity contribution in [1.29, 1.82) is 0 Å². The van der Waals surface area contributed by atoms with Crippen LogP contribution in [0.25, 0.3) is 10.2 Å². The van der Waals surface area contributed by atoms with E-state index in [1.54, 1.807) is 23.1 Å². The molecule has 5 nitrogen and oxygen atoms in total. The minimum Gasteiger partial charge on any atom is -0.339 e. The van der Waals surface area contributed by atoms with Crippen LogP contribution in [0.5, 0.6) is 0 Å². The highest BCUT2D eigenvalue weighted by molar-refractivity contribution is 7.99. The molecule has 1 N–H and O–H groups in total. The van der Waals surface area contributed by atoms with Crippen molar-refractivity contribution in [1.82, 2.24) is 14.9 Å². The maximum atomic E-state index is 12.9. The number of thiophene rings is 1. The number of carbonyl (C=O) groups is 1. The van der Waals surface area contributed by atoms with E-state index in [4.69, 9.17) is 4.98 Å². The number of amides is 1. The predicted octanol–water partition coefficient (Wildman–Crippen LogP) is 4.13. The monoisotopic (exact) mass is 431 g/mol. The number of nitrogens with one attached hydrogen (secondary N) is 1. The largest absolute Gasteiger partial charge is 0.339 e. The average Bonchev–Trinajstić information content (AvgIpc) is 3.29. The van der Waals surface area contributed by atoms with E-state index < -0.39 is 0 Å². The number of aromatic amines is 1. The summed E-state index contributed by atoms with van der Waals surface area (Å²) < 4.78 is 0. The fourth-order valence-electron chi connectivity index (χ4n) is 5.66. The minimum atomic E-state index is -0.00797. The highest BCUT2D eigenvalue weighted by Gasteiger charge is 2.39. The molecule has 1 saturated heterocycles. The van der Waals surface area contributed by atoms with Crippen molar-refractivity contribution in [3.63, 3.8) is 0 Å². The molecule has 0 aromatic carbocycles. The van der Waals surface area contributed by atoms with Crippen LogP contribution in [0.1, 0.15) is 61.7 Å². The first kappa shape index (κ1) is 19.6. The Morgan fingerprint density at radius 1 is 1.24 bits per heavy atom. The molecule has 0 spiro atoms. The van der Waals surface area contributed by atoms with Gasteiger partial charge in [-0.25, -0.2) is 4.98 Å².